The minimum atomic E-state index is -0.236. The summed E-state index contributed by atoms with van der Waals surface area (Å²) in [5.74, 6) is 1.49. The van der Waals surface area contributed by atoms with Gasteiger partial charge in [-0.25, -0.2) is 9.67 Å². The van der Waals surface area contributed by atoms with Gasteiger partial charge in [-0.1, -0.05) is 0 Å². The first kappa shape index (κ1) is 17.5. The smallest absolute Gasteiger partial charge is 0.274 e. The number of aryl methyl sites for hydroxylation is 1. The van der Waals surface area contributed by atoms with Gasteiger partial charge in [-0.15, -0.1) is 0 Å². The molecule has 0 aliphatic carbocycles. The Morgan fingerprint density at radius 1 is 1.19 bits per heavy atom. The van der Waals surface area contributed by atoms with Crippen LogP contribution < -0.4 is 15.2 Å². The van der Waals surface area contributed by atoms with Gasteiger partial charge in [-0.05, 0) is 31.0 Å². The molecule has 0 spiro atoms. The minimum absolute atomic E-state index is 0.0768. The number of hydrogen-bond donors (Lipinski definition) is 0. The highest BCUT2D eigenvalue weighted by molar-refractivity contribution is 5.92. The fraction of sp³-hybridized carbons (Fsp3) is 0.474. The van der Waals surface area contributed by atoms with Crippen LogP contribution in [0, 0.1) is 0 Å². The third kappa shape index (κ3) is 3.65. The zero-order chi connectivity index (χ0) is 18.8. The molecular formula is C19H23N5O3. The highest BCUT2D eigenvalue weighted by Gasteiger charge is 2.30. The predicted molar refractivity (Wildman–Crippen MR) is 100 cm³/mol. The highest BCUT2D eigenvalue weighted by Crippen LogP contribution is 2.30. The molecule has 8 heteroatoms. The van der Waals surface area contributed by atoms with E-state index in [0.29, 0.717) is 13.1 Å². The summed E-state index contributed by atoms with van der Waals surface area (Å²) in [6, 6.07) is 6.66. The number of pyridine rings is 1. The van der Waals surface area contributed by atoms with E-state index in [1.165, 1.54) is 36.7 Å². The van der Waals surface area contributed by atoms with Crippen molar-refractivity contribution in [2.75, 3.05) is 31.1 Å². The highest BCUT2D eigenvalue weighted by atomic mass is 16.5. The Morgan fingerprint density at radius 2 is 2.00 bits per heavy atom. The van der Waals surface area contributed by atoms with Crippen molar-refractivity contribution in [1.82, 2.24) is 19.7 Å². The number of anilines is 1. The normalized spacial score (nSPS) is 19.5. The van der Waals surface area contributed by atoms with E-state index < -0.39 is 0 Å². The molecule has 1 amide bonds. The van der Waals surface area contributed by atoms with Crippen LogP contribution in [0.5, 0.6) is 5.75 Å². The van der Waals surface area contributed by atoms with Crippen LogP contribution in [-0.4, -0.2) is 57.9 Å². The largest absolute Gasteiger partial charge is 0.485 e. The van der Waals surface area contributed by atoms with Crippen molar-refractivity contribution in [2.45, 2.75) is 25.4 Å². The number of rotatable bonds is 4. The van der Waals surface area contributed by atoms with Crippen molar-refractivity contribution in [1.29, 1.82) is 0 Å². The SMILES string of the molecule is Cn1nc(C(=O)N2CC[C@H](Oc3cccnc3N3CCCC3)C2)ccc1=O. The number of aromatic nitrogens is 3. The number of ether oxygens (including phenoxy) is 1. The molecule has 2 aromatic heterocycles. The van der Waals surface area contributed by atoms with E-state index in [-0.39, 0.29) is 23.3 Å². The Bertz CT molecular complexity index is 891. The molecular weight excluding hydrogens is 346 g/mol. The molecule has 4 rings (SSSR count). The van der Waals surface area contributed by atoms with Gasteiger partial charge in [0.25, 0.3) is 11.5 Å². The Balaban J connectivity index is 1.44. The number of likely N-dealkylation sites (tertiary alicyclic amines) is 1. The molecule has 0 aromatic carbocycles. The predicted octanol–water partition coefficient (Wildman–Crippen LogP) is 1.07. The van der Waals surface area contributed by atoms with E-state index in [9.17, 15) is 9.59 Å². The van der Waals surface area contributed by atoms with Crippen LogP contribution in [0.25, 0.3) is 0 Å². The van der Waals surface area contributed by atoms with Gasteiger partial charge in [-0.2, -0.15) is 5.10 Å². The number of carbonyl (C=O) groups excluding carboxylic acids is 1. The van der Waals surface area contributed by atoms with E-state index in [1.54, 1.807) is 11.1 Å². The molecule has 142 valence electrons. The van der Waals surface area contributed by atoms with Crippen molar-refractivity contribution in [3.05, 3.63) is 46.5 Å². The quantitative estimate of drug-likeness (QED) is 0.802. The lowest BCUT2D eigenvalue weighted by Crippen LogP contribution is -2.33. The molecule has 0 bridgehead atoms. The second kappa shape index (κ2) is 7.38. The van der Waals surface area contributed by atoms with Gasteiger partial charge in [0.05, 0.1) is 6.54 Å². The molecule has 0 unspecified atom stereocenters. The third-order valence-corrected chi connectivity index (χ3v) is 5.06. The zero-order valence-electron chi connectivity index (χ0n) is 15.4. The lowest BCUT2D eigenvalue weighted by molar-refractivity contribution is 0.0764. The molecule has 27 heavy (non-hydrogen) atoms. The van der Waals surface area contributed by atoms with Crippen LogP contribution in [0.1, 0.15) is 29.8 Å². The molecule has 2 fully saturated rings. The van der Waals surface area contributed by atoms with Gasteiger partial charge in [0.2, 0.25) is 0 Å². The van der Waals surface area contributed by atoms with Crippen molar-refractivity contribution < 1.29 is 9.53 Å². The molecule has 1 atom stereocenters. The molecule has 8 nitrogen and oxygen atoms in total. The van der Waals surface area contributed by atoms with E-state index in [1.807, 2.05) is 12.1 Å². The maximum Gasteiger partial charge on any atom is 0.274 e. The van der Waals surface area contributed by atoms with Gasteiger partial charge in [-0.3, -0.25) is 9.59 Å². The molecule has 0 saturated carbocycles. The van der Waals surface area contributed by atoms with E-state index in [4.69, 9.17) is 4.74 Å². The lowest BCUT2D eigenvalue weighted by atomic mass is 10.3. The Labute approximate surface area is 157 Å². The van der Waals surface area contributed by atoms with Crippen molar-refractivity contribution >= 4 is 11.7 Å². The molecule has 2 saturated heterocycles. The lowest BCUT2D eigenvalue weighted by Gasteiger charge is -2.22. The van der Waals surface area contributed by atoms with Crippen LogP contribution in [-0.2, 0) is 7.05 Å². The summed E-state index contributed by atoms with van der Waals surface area (Å²) in [6.07, 6.45) is 4.82. The van der Waals surface area contributed by atoms with Crippen LogP contribution >= 0.6 is 0 Å². The van der Waals surface area contributed by atoms with Gasteiger partial charge >= 0.3 is 0 Å². The molecule has 2 aromatic rings. The van der Waals surface area contributed by atoms with Crippen molar-refractivity contribution in [3.8, 4) is 5.75 Å². The van der Waals surface area contributed by atoms with Crippen LogP contribution in [0.4, 0.5) is 5.82 Å². The topological polar surface area (TPSA) is 80.6 Å². The maximum atomic E-state index is 12.7. The van der Waals surface area contributed by atoms with Gasteiger partial charge in [0, 0.05) is 45.4 Å². The molecule has 0 radical (unpaired) electrons. The third-order valence-electron chi connectivity index (χ3n) is 5.06. The van der Waals surface area contributed by atoms with Crippen molar-refractivity contribution in [3.63, 3.8) is 0 Å². The first-order valence-corrected chi connectivity index (χ1v) is 9.32. The second-order valence-corrected chi connectivity index (χ2v) is 6.98. The summed E-state index contributed by atoms with van der Waals surface area (Å²) in [7, 11) is 1.54. The number of amides is 1. The van der Waals surface area contributed by atoms with Crippen LogP contribution in [0.15, 0.2) is 35.3 Å². The van der Waals surface area contributed by atoms with E-state index in [0.717, 1.165) is 31.1 Å². The number of hydrogen-bond acceptors (Lipinski definition) is 6. The molecule has 0 N–H and O–H groups in total. The first-order chi connectivity index (χ1) is 13.1. The minimum Gasteiger partial charge on any atom is -0.485 e. The molecule has 2 aliphatic heterocycles. The van der Waals surface area contributed by atoms with Crippen LogP contribution in [0.2, 0.25) is 0 Å². The number of nitrogens with zero attached hydrogens (tertiary/aromatic N) is 5. The summed E-state index contributed by atoms with van der Waals surface area (Å²) in [6.45, 7) is 3.10. The summed E-state index contributed by atoms with van der Waals surface area (Å²) in [5.41, 5.74) is 0.0390. The fourth-order valence-electron chi connectivity index (χ4n) is 3.61. The van der Waals surface area contributed by atoms with E-state index >= 15 is 0 Å². The zero-order valence-corrected chi connectivity index (χ0v) is 15.4. The molecule has 4 heterocycles. The second-order valence-electron chi connectivity index (χ2n) is 6.98. The van der Waals surface area contributed by atoms with Gasteiger partial charge in [0.15, 0.2) is 11.6 Å². The summed E-state index contributed by atoms with van der Waals surface area (Å²) in [4.78, 5) is 32.6. The first-order valence-electron chi connectivity index (χ1n) is 9.32. The number of carbonyl (C=O) groups is 1. The maximum absolute atomic E-state index is 12.7. The monoisotopic (exact) mass is 369 g/mol. The summed E-state index contributed by atoms with van der Waals surface area (Å²) in [5, 5.41) is 4.05. The van der Waals surface area contributed by atoms with Crippen LogP contribution in [0.3, 0.4) is 0 Å². The Hall–Kier alpha value is -2.90. The van der Waals surface area contributed by atoms with E-state index in [2.05, 4.69) is 15.0 Å². The Kier molecular flexibility index (Phi) is 4.79. The average molecular weight is 369 g/mol. The standard InChI is InChI=1S/C19H23N5O3/c1-22-17(25)7-6-15(21-22)19(26)24-12-8-14(13-24)27-16-5-4-9-20-18(16)23-10-2-3-11-23/h4-7,9,14H,2-3,8,10-13H2,1H3/t14-/m0/s1. The Morgan fingerprint density at radius 3 is 2.78 bits per heavy atom. The summed E-state index contributed by atoms with van der Waals surface area (Å²) < 4.78 is 7.38. The van der Waals surface area contributed by atoms with Crippen molar-refractivity contribution in [2.24, 2.45) is 7.05 Å². The fourth-order valence-corrected chi connectivity index (χ4v) is 3.61. The van der Waals surface area contributed by atoms with Gasteiger partial charge in [0.1, 0.15) is 11.8 Å². The molecule has 2 aliphatic rings. The summed E-state index contributed by atoms with van der Waals surface area (Å²) >= 11 is 0. The average Bonchev–Trinajstić information content (AvgIpc) is 3.36. The van der Waals surface area contributed by atoms with Gasteiger partial charge < -0.3 is 14.5 Å².